The molecular weight excluding hydrogens is 267 g/mol. The van der Waals surface area contributed by atoms with Crippen LogP contribution in [0.4, 0.5) is 13.2 Å². The lowest BCUT2D eigenvalue weighted by Crippen LogP contribution is -2.41. The first-order valence-electron chi connectivity index (χ1n) is 6.08. The van der Waals surface area contributed by atoms with Gasteiger partial charge in [-0.15, -0.1) is 0 Å². The number of hydrogen-bond acceptors (Lipinski definition) is 1. The van der Waals surface area contributed by atoms with Crippen molar-refractivity contribution < 1.29 is 18.0 Å². The predicted molar refractivity (Wildman–Crippen MR) is 71.7 cm³/mol. The van der Waals surface area contributed by atoms with E-state index in [1.807, 2.05) is 0 Å². The second-order valence-corrected chi connectivity index (χ2v) is 4.97. The first kappa shape index (κ1) is 14.4. The summed E-state index contributed by atoms with van der Waals surface area (Å²) in [4.78, 5) is 11.2. The molecule has 0 aliphatic heterocycles. The number of nitrogens with one attached hydrogen (secondary N) is 1. The third-order valence-corrected chi connectivity index (χ3v) is 3.08. The highest BCUT2D eigenvalue weighted by Crippen LogP contribution is 2.32. The van der Waals surface area contributed by atoms with Crippen LogP contribution in [0.2, 0.25) is 0 Å². The van der Waals surface area contributed by atoms with Crippen LogP contribution < -0.4 is 5.32 Å². The van der Waals surface area contributed by atoms with Gasteiger partial charge in [-0.05, 0) is 30.2 Å². The van der Waals surface area contributed by atoms with Gasteiger partial charge >= 0.3 is 6.18 Å². The van der Waals surface area contributed by atoms with E-state index < -0.39 is 17.3 Å². The number of alkyl halides is 3. The largest absolute Gasteiger partial charge is 0.416 e. The summed E-state index contributed by atoms with van der Waals surface area (Å²) in [6, 6.07) is 3.59. The van der Waals surface area contributed by atoms with Crippen LogP contribution in [0.15, 0.2) is 30.4 Å². The van der Waals surface area contributed by atoms with E-state index in [0.717, 1.165) is 12.1 Å². The van der Waals surface area contributed by atoms with Gasteiger partial charge in [-0.3, -0.25) is 4.79 Å². The molecule has 0 bridgehead atoms. The van der Waals surface area contributed by atoms with Crippen LogP contribution in [0.1, 0.15) is 30.5 Å². The van der Waals surface area contributed by atoms with Crippen molar-refractivity contribution in [1.82, 2.24) is 5.32 Å². The van der Waals surface area contributed by atoms with Crippen LogP contribution in [0.3, 0.4) is 0 Å². The topological polar surface area (TPSA) is 29.1 Å². The second-order valence-electron chi connectivity index (χ2n) is 4.97. The number of amides is 1. The third-order valence-electron chi connectivity index (χ3n) is 3.08. The Kier molecular flexibility index (Phi) is 3.46. The number of carbonyl (C=O) groups excluding carboxylic acids is 1. The summed E-state index contributed by atoms with van der Waals surface area (Å²) in [7, 11) is 0. The van der Waals surface area contributed by atoms with E-state index >= 15 is 0 Å². The summed E-state index contributed by atoms with van der Waals surface area (Å²) in [5, 5.41) is 2.74. The van der Waals surface area contributed by atoms with Gasteiger partial charge in [-0.25, -0.2) is 0 Å². The standard InChI is InChI=1S/C15H14F3NO/c1-10(20)19-14(2)7-5-11-3-4-13(15(16,17)18)9-12(11)6-8-14/h3-9H,1-2H3,(H,19,20). The summed E-state index contributed by atoms with van der Waals surface area (Å²) in [6.07, 6.45) is 2.38. The molecule has 0 fully saturated rings. The first-order chi connectivity index (χ1) is 9.20. The average molecular weight is 281 g/mol. The van der Waals surface area contributed by atoms with Crippen LogP contribution in [0, 0.1) is 0 Å². The Labute approximate surface area is 115 Å². The molecule has 0 heterocycles. The number of fused-ring (bicyclic) bond motifs is 1. The van der Waals surface area contributed by atoms with Gasteiger partial charge in [0, 0.05) is 6.92 Å². The summed E-state index contributed by atoms with van der Waals surface area (Å²) in [5.74, 6) is -0.205. The van der Waals surface area contributed by atoms with Crippen molar-refractivity contribution in [2.24, 2.45) is 0 Å². The van der Waals surface area contributed by atoms with Gasteiger partial charge in [-0.2, -0.15) is 13.2 Å². The Morgan fingerprint density at radius 3 is 2.30 bits per heavy atom. The smallest absolute Gasteiger partial charge is 0.344 e. The zero-order valence-electron chi connectivity index (χ0n) is 11.1. The van der Waals surface area contributed by atoms with E-state index in [2.05, 4.69) is 5.32 Å². The molecule has 0 aromatic heterocycles. The van der Waals surface area contributed by atoms with E-state index in [1.54, 1.807) is 31.2 Å². The Balaban J connectivity index is 2.41. The van der Waals surface area contributed by atoms with E-state index in [0.29, 0.717) is 11.1 Å². The van der Waals surface area contributed by atoms with Crippen molar-refractivity contribution >= 4 is 18.1 Å². The highest BCUT2D eigenvalue weighted by atomic mass is 19.4. The van der Waals surface area contributed by atoms with Crippen molar-refractivity contribution in [3.05, 3.63) is 47.0 Å². The first-order valence-corrected chi connectivity index (χ1v) is 6.08. The Hall–Kier alpha value is -2.04. The van der Waals surface area contributed by atoms with Gasteiger partial charge < -0.3 is 5.32 Å². The minimum atomic E-state index is -4.36. The lowest BCUT2D eigenvalue weighted by Gasteiger charge is -2.22. The van der Waals surface area contributed by atoms with Crippen LogP contribution in [-0.4, -0.2) is 11.4 Å². The zero-order chi connectivity index (χ0) is 15.0. The van der Waals surface area contributed by atoms with E-state index in [-0.39, 0.29) is 5.91 Å². The Morgan fingerprint density at radius 1 is 1.15 bits per heavy atom. The molecule has 0 saturated carbocycles. The van der Waals surface area contributed by atoms with Gasteiger partial charge in [0.25, 0.3) is 0 Å². The molecule has 1 unspecified atom stereocenters. The summed E-state index contributed by atoms with van der Waals surface area (Å²) in [6.45, 7) is 3.17. The fourth-order valence-electron chi connectivity index (χ4n) is 2.09. The highest BCUT2D eigenvalue weighted by molar-refractivity contribution is 5.77. The highest BCUT2D eigenvalue weighted by Gasteiger charge is 2.31. The maximum absolute atomic E-state index is 12.7. The maximum Gasteiger partial charge on any atom is 0.416 e. The number of benzene rings is 1. The monoisotopic (exact) mass is 281 g/mol. The normalized spacial score (nSPS) is 21.2. The van der Waals surface area contributed by atoms with Crippen LogP contribution in [-0.2, 0) is 11.0 Å². The van der Waals surface area contributed by atoms with Crippen molar-refractivity contribution in [3.63, 3.8) is 0 Å². The molecule has 0 radical (unpaired) electrons. The Bertz CT molecular complexity index is 602. The third kappa shape index (κ3) is 3.10. The molecule has 0 spiro atoms. The molecule has 1 amide bonds. The summed E-state index contributed by atoms with van der Waals surface area (Å²) >= 11 is 0. The number of carbonyl (C=O) groups is 1. The fraction of sp³-hybridized carbons (Fsp3) is 0.267. The maximum atomic E-state index is 12.7. The minimum absolute atomic E-state index is 0.205. The second kappa shape index (κ2) is 4.81. The molecule has 2 nitrogen and oxygen atoms in total. The average Bonchev–Trinajstić information content (AvgIpc) is 2.47. The molecule has 1 N–H and O–H groups in total. The molecule has 20 heavy (non-hydrogen) atoms. The molecule has 1 aromatic rings. The van der Waals surface area contributed by atoms with Gasteiger partial charge in [-0.1, -0.05) is 30.4 Å². The quantitative estimate of drug-likeness (QED) is 0.836. The van der Waals surface area contributed by atoms with E-state index in [1.165, 1.54) is 13.0 Å². The molecule has 2 rings (SSSR count). The van der Waals surface area contributed by atoms with Gasteiger partial charge in [0.2, 0.25) is 5.91 Å². The summed E-state index contributed by atoms with van der Waals surface area (Å²) < 4.78 is 38.1. The van der Waals surface area contributed by atoms with Crippen molar-refractivity contribution in [2.45, 2.75) is 25.6 Å². The lowest BCUT2D eigenvalue weighted by atomic mass is 10.0. The van der Waals surface area contributed by atoms with E-state index in [9.17, 15) is 18.0 Å². The van der Waals surface area contributed by atoms with Crippen molar-refractivity contribution in [3.8, 4) is 0 Å². The van der Waals surface area contributed by atoms with Gasteiger partial charge in [0.05, 0.1) is 11.1 Å². The van der Waals surface area contributed by atoms with Crippen molar-refractivity contribution in [2.75, 3.05) is 0 Å². The molecule has 1 aromatic carbocycles. The summed E-state index contributed by atoms with van der Waals surface area (Å²) in [5.41, 5.74) is -0.227. The van der Waals surface area contributed by atoms with Gasteiger partial charge in [0.1, 0.15) is 0 Å². The van der Waals surface area contributed by atoms with Crippen molar-refractivity contribution in [1.29, 1.82) is 0 Å². The predicted octanol–water partition coefficient (Wildman–Crippen LogP) is 3.64. The molecule has 0 saturated heterocycles. The number of halogens is 3. The molecule has 1 aliphatic carbocycles. The SMILES string of the molecule is CC(=O)NC1(C)C=Cc2ccc(C(F)(F)F)cc2C=C1. The molecule has 106 valence electrons. The Morgan fingerprint density at radius 2 is 1.75 bits per heavy atom. The van der Waals surface area contributed by atoms with Crippen LogP contribution in [0.5, 0.6) is 0 Å². The minimum Gasteiger partial charge on any atom is -0.344 e. The van der Waals surface area contributed by atoms with Gasteiger partial charge in [0.15, 0.2) is 0 Å². The van der Waals surface area contributed by atoms with E-state index in [4.69, 9.17) is 0 Å². The fourth-order valence-corrected chi connectivity index (χ4v) is 2.09. The molecule has 1 aliphatic rings. The lowest BCUT2D eigenvalue weighted by molar-refractivity contribution is -0.137. The number of hydrogen-bond donors (Lipinski definition) is 1. The molecular formula is C15H14F3NO. The van der Waals surface area contributed by atoms with Crippen LogP contribution >= 0.6 is 0 Å². The molecule has 1 atom stereocenters. The zero-order valence-corrected chi connectivity index (χ0v) is 11.1. The number of rotatable bonds is 1. The van der Waals surface area contributed by atoms with Crippen LogP contribution in [0.25, 0.3) is 12.2 Å². The molecule has 5 heteroatoms.